The minimum Gasteiger partial charge on any atom is -0.436 e. The molecule has 0 aliphatic rings. The number of hydrogen-bond donors (Lipinski definition) is 1. The number of pyridine rings is 1. The van der Waals surface area contributed by atoms with Gasteiger partial charge in [0.05, 0.1) is 5.69 Å². The van der Waals surface area contributed by atoms with Crippen LogP contribution in [0.15, 0.2) is 53.8 Å². The maximum Gasteiger partial charge on any atom is 2.00 e. The second-order valence-corrected chi connectivity index (χ2v) is 4.65. The zero-order valence-corrected chi connectivity index (χ0v) is 19.4. The van der Waals surface area contributed by atoms with E-state index in [1.54, 1.807) is 12.4 Å². The molecule has 2 aromatic heterocycles. The zero-order valence-electron chi connectivity index (χ0n) is 13.7. The maximum atomic E-state index is 4.52. The number of nitrogens with one attached hydrogen (secondary N) is 1. The van der Waals surface area contributed by atoms with Crippen LogP contribution >= 0.6 is 0 Å². The van der Waals surface area contributed by atoms with Gasteiger partial charge in [-0.2, -0.15) is 0 Å². The number of hydrogen-bond acceptors (Lipinski definition) is 3. The van der Waals surface area contributed by atoms with Crippen LogP contribution in [-0.4, -0.2) is 15.0 Å². The topological polar surface area (TPSA) is 53.9 Å². The molecule has 0 saturated heterocycles. The number of aromatic nitrogens is 3. The second-order valence-electron chi connectivity index (χ2n) is 4.65. The molecule has 1 aromatic carbocycles. The molecular formula is C18H17N4WY-. The van der Waals surface area contributed by atoms with Gasteiger partial charge in [0.2, 0.25) is 0 Å². The van der Waals surface area contributed by atoms with E-state index in [1.165, 1.54) is 0 Å². The molecule has 1 N–H and O–H groups in total. The van der Waals surface area contributed by atoms with E-state index in [4.69, 9.17) is 0 Å². The monoisotopic (exact) mass is 562 g/mol. The molecule has 0 atom stereocenters. The van der Waals surface area contributed by atoms with Crippen LogP contribution in [0.2, 0.25) is 0 Å². The Morgan fingerprint density at radius 3 is 2.54 bits per heavy atom. The van der Waals surface area contributed by atoms with Gasteiger partial charge in [-0.3, -0.25) is 9.98 Å². The third kappa shape index (κ3) is 5.77. The largest absolute Gasteiger partial charge is 2.00 e. The van der Waals surface area contributed by atoms with Crippen LogP contribution in [0.3, 0.4) is 0 Å². The molecular weight excluding hydrogens is 545 g/mol. The van der Waals surface area contributed by atoms with Gasteiger partial charge >= 0.3 is 21.1 Å². The molecule has 0 fully saturated rings. The summed E-state index contributed by atoms with van der Waals surface area (Å²) in [4.78, 5) is 16.2. The molecule has 3 aromatic rings. The summed E-state index contributed by atoms with van der Waals surface area (Å²) in [6.45, 7) is 5.87. The summed E-state index contributed by atoms with van der Waals surface area (Å²) in [6.07, 6.45) is 3.49. The maximum absolute atomic E-state index is 4.52. The van der Waals surface area contributed by atoms with E-state index in [0.29, 0.717) is 11.2 Å². The zero-order chi connectivity index (χ0) is 14.7. The standard InChI is InChI=1S/C17H14N4.CH3.W.Y/c1-12-11-18-9-8-15(12)20-16-10-13(2)19-17(21-16)14-6-4-3-5-7-14;;;/h3-9,11H,2H2,1H3,(H,18,19,20,21);1H3;;/q-2;-1;+2;. The first-order valence-corrected chi connectivity index (χ1v) is 6.59. The van der Waals surface area contributed by atoms with Crippen molar-refractivity contribution in [2.45, 2.75) is 6.92 Å². The third-order valence-corrected chi connectivity index (χ3v) is 3.01. The minimum absolute atomic E-state index is 0. The first kappa shape index (κ1) is 22.9. The van der Waals surface area contributed by atoms with Crippen LogP contribution in [0.25, 0.3) is 11.4 Å². The van der Waals surface area contributed by atoms with Crippen LogP contribution in [0.5, 0.6) is 0 Å². The van der Waals surface area contributed by atoms with Gasteiger partial charge in [-0.05, 0) is 24.0 Å². The van der Waals surface area contributed by atoms with Crippen LogP contribution in [-0.2, 0) is 53.8 Å². The van der Waals surface area contributed by atoms with Crippen molar-refractivity contribution in [3.63, 3.8) is 0 Å². The van der Waals surface area contributed by atoms with Gasteiger partial charge in [0.25, 0.3) is 0 Å². The van der Waals surface area contributed by atoms with Crippen molar-refractivity contribution in [3.8, 4) is 11.4 Å². The molecule has 0 bridgehead atoms. The van der Waals surface area contributed by atoms with Crippen molar-refractivity contribution in [2.75, 3.05) is 0 Å². The van der Waals surface area contributed by atoms with Crippen molar-refractivity contribution < 1.29 is 53.8 Å². The SMILES string of the molecule is [CH2-]c1[c-]c(=Nc2ccncc2C)nc(-c2ccccc2)[nH]1.[CH3-].[W+2].[Y]. The van der Waals surface area contributed by atoms with Crippen molar-refractivity contribution in [1.29, 1.82) is 0 Å². The normalized spacial score (nSPS) is 10.1. The number of H-pyrrole nitrogens is 1. The molecule has 0 aliphatic carbocycles. The van der Waals surface area contributed by atoms with E-state index >= 15 is 0 Å². The molecule has 1 radical (unpaired) electrons. The Balaban J connectivity index is 0.00000176. The molecule has 3 rings (SSSR count). The fraction of sp³-hybridized carbons (Fsp3) is 0.0556. The van der Waals surface area contributed by atoms with Gasteiger partial charge in [0, 0.05) is 50.7 Å². The van der Waals surface area contributed by atoms with Crippen LogP contribution < -0.4 is 5.49 Å². The van der Waals surface area contributed by atoms with Gasteiger partial charge in [0.1, 0.15) is 5.82 Å². The summed E-state index contributed by atoms with van der Waals surface area (Å²) in [5.74, 6) is 0.727. The molecule has 119 valence electrons. The van der Waals surface area contributed by atoms with Crippen molar-refractivity contribution in [2.24, 2.45) is 4.99 Å². The molecule has 0 amide bonds. The van der Waals surface area contributed by atoms with E-state index in [9.17, 15) is 0 Å². The number of benzene rings is 1. The average molecular weight is 562 g/mol. The molecule has 24 heavy (non-hydrogen) atoms. The van der Waals surface area contributed by atoms with E-state index < -0.39 is 0 Å². The molecule has 0 unspecified atom stereocenters. The third-order valence-electron chi connectivity index (χ3n) is 3.01. The Labute approximate surface area is 182 Å². The number of rotatable bonds is 2. The number of nitrogens with zero attached hydrogens (tertiary/aromatic N) is 3. The predicted octanol–water partition coefficient (Wildman–Crippen LogP) is 3.44. The molecule has 0 saturated carbocycles. The first-order chi connectivity index (χ1) is 10.2. The molecule has 6 heteroatoms. The van der Waals surface area contributed by atoms with Gasteiger partial charge < -0.3 is 31.1 Å². The summed E-state index contributed by atoms with van der Waals surface area (Å²) in [5, 5.41) is 0. The predicted molar refractivity (Wildman–Crippen MR) is 87.9 cm³/mol. The van der Waals surface area contributed by atoms with E-state index in [-0.39, 0.29) is 61.2 Å². The molecule has 2 heterocycles. The van der Waals surface area contributed by atoms with E-state index in [1.807, 2.05) is 43.3 Å². The Hall–Kier alpha value is -1.09. The Morgan fingerprint density at radius 2 is 1.88 bits per heavy atom. The molecule has 4 nitrogen and oxygen atoms in total. The van der Waals surface area contributed by atoms with Gasteiger partial charge in [-0.1, -0.05) is 30.3 Å². The van der Waals surface area contributed by atoms with E-state index in [0.717, 1.165) is 22.6 Å². The van der Waals surface area contributed by atoms with Gasteiger partial charge in [-0.25, -0.2) is 4.98 Å². The van der Waals surface area contributed by atoms with Crippen LogP contribution in [0.4, 0.5) is 5.69 Å². The summed E-state index contributed by atoms with van der Waals surface area (Å²) >= 11 is 0. The van der Waals surface area contributed by atoms with Crippen molar-refractivity contribution >= 4 is 5.69 Å². The molecule has 0 spiro atoms. The summed E-state index contributed by atoms with van der Waals surface area (Å²) in [7, 11) is 0. The van der Waals surface area contributed by atoms with Crippen molar-refractivity contribution in [1.82, 2.24) is 15.0 Å². The summed E-state index contributed by atoms with van der Waals surface area (Å²) in [5.41, 5.74) is 3.96. The summed E-state index contributed by atoms with van der Waals surface area (Å²) < 4.78 is 0. The minimum atomic E-state index is 0. The fourth-order valence-corrected chi connectivity index (χ4v) is 1.96. The Kier molecular flexibility index (Phi) is 10.2. The number of aryl methyl sites for hydroxylation is 1. The Morgan fingerprint density at radius 1 is 1.17 bits per heavy atom. The molecule has 0 aliphatic heterocycles. The average Bonchev–Trinajstić information content (AvgIpc) is 2.50. The number of aromatic amines is 1. The van der Waals surface area contributed by atoms with Crippen LogP contribution in [0.1, 0.15) is 11.3 Å². The second kappa shape index (κ2) is 10.7. The smallest absolute Gasteiger partial charge is 0.436 e. The Bertz CT molecular complexity index is 832. The van der Waals surface area contributed by atoms with E-state index in [2.05, 4.69) is 32.9 Å². The first-order valence-electron chi connectivity index (χ1n) is 6.59. The summed E-state index contributed by atoms with van der Waals surface area (Å²) in [6, 6.07) is 14.8. The van der Waals surface area contributed by atoms with Crippen molar-refractivity contribution in [3.05, 3.63) is 86.0 Å². The van der Waals surface area contributed by atoms with Gasteiger partial charge in [0.15, 0.2) is 0 Å². The van der Waals surface area contributed by atoms with Crippen LogP contribution in [0, 0.1) is 27.3 Å². The fourth-order valence-electron chi connectivity index (χ4n) is 1.96. The van der Waals surface area contributed by atoms with Gasteiger partial charge in [-0.15, -0.1) is 0 Å². The quantitative estimate of drug-likeness (QED) is 0.488.